The molecule has 0 spiro atoms. The van der Waals surface area contributed by atoms with Gasteiger partial charge in [-0.15, -0.1) is 23.2 Å². The smallest absolute Gasteiger partial charge is 0.338 e. The van der Waals surface area contributed by atoms with Crippen LogP contribution in [0.25, 0.3) is 0 Å². The van der Waals surface area contributed by atoms with Gasteiger partial charge in [-0.1, -0.05) is 0 Å². The van der Waals surface area contributed by atoms with E-state index in [-0.39, 0.29) is 12.0 Å². The molecule has 8 N–H and O–H groups in total. The van der Waals surface area contributed by atoms with Crippen LogP contribution in [0.1, 0.15) is 34.1 Å². The van der Waals surface area contributed by atoms with Crippen molar-refractivity contribution in [3.05, 3.63) is 11.3 Å². The van der Waals surface area contributed by atoms with E-state index in [0.717, 1.165) is 0 Å². The molecule has 1 saturated heterocycles. The number of amides is 3. The zero-order chi connectivity index (χ0) is 26.1. The van der Waals surface area contributed by atoms with E-state index in [9.17, 15) is 34.5 Å². The summed E-state index contributed by atoms with van der Waals surface area (Å²) in [4.78, 5) is 48.2. The van der Waals surface area contributed by atoms with Gasteiger partial charge >= 0.3 is 5.97 Å². The van der Waals surface area contributed by atoms with Gasteiger partial charge in [0.05, 0.1) is 29.9 Å². The van der Waals surface area contributed by atoms with Gasteiger partial charge in [0.2, 0.25) is 17.7 Å². The largest absolute Gasteiger partial charge is 0.512 e. The second kappa shape index (κ2) is 10.6. The Bertz CT molecular complexity index is 883. The molecule has 0 saturated carbocycles. The molecule has 3 amide bonds. The lowest BCUT2D eigenvalue weighted by Crippen LogP contribution is -2.69. The number of esters is 1. The molecule has 1 aliphatic carbocycles. The van der Waals surface area contributed by atoms with Gasteiger partial charge in [0, 0.05) is 12.3 Å². The van der Waals surface area contributed by atoms with Gasteiger partial charge < -0.3 is 41.7 Å². The highest BCUT2D eigenvalue weighted by Gasteiger charge is 2.59. The van der Waals surface area contributed by atoms with Crippen molar-refractivity contribution in [2.75, 3.05) is 0 Å². The molecular formula is C20H30Cl2N4O8. The van der Waals surface area contributed by atoms with Crippen LogP contribution in [-0.2, 0) is 23.9 Å². The summed E-state index contributed by atoms with van der Waals surface area (Å²) in [6.45, 7) is 5.54. The average Bonchev–Trinajstić information content (AvgIpc) is 2.72. The molecular weight excluding hydrogens is 495 g/mol. The predicted molar refractivity (Wildman–Crippen MR) is 121 cm³/mol. The molecule has 0 aromatic carbocycles. The molecule has 0 bridgehead atoms. The van der Waals surface area contributed by atoms with Gasteiger partial charge in [-0.25, -0.2) is 4.79 Å². The lowest BCUT2D eigenvalue weighted by molar-refractivity contribution is -0.173. The van der Waals surface area contributed by atoms with Crippen molar-refractivity contribution in [3.8, 4) is 0 Å². The minimum atomic E-state index is -1.76. The van der Waals surface area contributed by atoms with Gasteiger partial charge in [-0.05, 0) is 27.7 Å². The zero-order valence-corrected chi connectivity index (χ0v) is 20.6. The monoisotopic (exact) mass is 524 g/mol. The van der Waals surface area contributed by atoms with Crippen LogP contribution >= 0.6 is 23.2 Å². The molecule has 14 heteroatoms. The molecule has 2 aliphatic rings. The Morgan fingerprint density at radius 3 is 2.15 bits per heavy atom. The zero-order valence-electron chi connectivity index (χ0n) is 19.0. The van der Waals surface area contributed by atoms with Crippen LogP contribution in [0.4, 0.5) is 0 Å². The number of rotatable bonds is 7. The Hall–Kier alpha value is -2.12. The van der Waals surface area contributed by atoms with E-state index < -0.39 is 82.2 Å². The maximum atomic E-state index is 13.0. The molecule has 0 aromatic heterocycles. The number of carbonyl (C=O) groups excluding carboxylic acids is 4. The summed E-state index contributed by atoms with van der Waals surface area (Å²) in [5.41, 5.74) is 3.39. The number of hydrogen-bond donors (Lipinski definition) is 7. The number of hydrogen-bond acceptors (Lipinski definition) is 9. The number of fused-ring (bicyclic) bond motifs is 1. The third kappa shape index (κ3) is 5.57. The summed E-state index contributed by atoms with van der Waals surface area (Å²) in [5.74, 6) is -4.78. The molecule has 2 rings (SSSR count). The molecule has 0 unspecified atom stereocenters. The fraction of sp³-hybridized carbons (Fsp3) is 0.700. The lowest BCUT2D eigenvalue weighted by atomic mass is 9.71. The van der Waals surface area contributed by atoms with Crippen LogP contribution < -0.4 is 21.7 Å². The van der Waals surface area contributed by atoms with E-state index in [1.807, 2.05) is 0 Å². The minimum absolute atomic E-state index is 0.307. The summed E-state index contributed by atoms with van der Waals surface area (Å²) < 4.78 is 5.36. The number of nitrogens with two attached hydrogens (primary N) is 1. The summed E-state index contributed by atoms with van der Waals surface area (Å²) >= 11 is 12.1. The van der Waals surface area contributed by atoms with E-state index in [0.29, 0.717) is 0 Å². The second-order valence-corrected chi connectivity index (χ2v) is 9.85. The van der Waals surface area contributed by atoms with Crippen LogP contribution in [0.15, 0.2) is 11.3 Å². The fourth-order valence-corrected chi connectivity index (χ4v) is 4.19. The van der Waals surface area contributed by atoms with Crippen molar-refractivity contribution in [2.45, 2.75) is 80.9 Å². The van der Waals surface area contributed by atoms with Crippen LogP contribution in [-0.4, -0.2) is 85.8 Å². The van der Waals surface area contributed by atoms with Gasteiger partial charge in [-0.2, -0.15) is 0 Å². The standard InChI is InChI=1S/C20H30Cl2N4O8/c1-6(23)15(30)24-7(2)16(31)25-8(3)17(32)26-14-12-11(9(27)5-10(28)13(12)29)18(33)34-20(14,4)19(21)22/h6-8,10,12-14,19,27-29H,5,23H2,1-4H3,(H,24,30)(H,25,31)(H,26,32)/t6-,7-,8-,10+,12-,13-,14+,20-/m0/s1. The quantitative estimate of drug-likeness (QED) is 0.153. The van der Waals surface area contributed by atoms with Crippen LogP contribution in [0, 0.1) is 5.92 Å². The van der Waals surface area contributed by atoms with E-state index >= 15 is 0 Å². The van der Waals surface area contributed by atoms with Gasteiger partial charge in [0.25, 0.3) is 0 Å². The number of alkyl halides is 2. The summed E-state index contributed by atoms with van der Waals surface area (Å²) in [7, 11) is 0. The van der Waals surface area contributed by atoms with Crippen LogP contribution in [0.5, 0.6) is 0 Å². The number of cyclic esters (lactones) is 1. The molecule has 192 valence electrons. The molecule has 1 heterocycles. The fourth-order valence-electron chi connectivity index (χ4n) is 3.83. The Morgan fingerprint density at radius 2 is 1.62 bits per heavy atom. The number of nitrogens with one attached hydrogen (secondary N) is 3. The van der Waals surface area contributed by atoms with E-state index in [1.165, 1.54) is 27.7 Å². The molecule has 0 aromatic rings. The maximum absolute atomic E-state index is 13.0. The van der Waals surface area contributed by atoms with Gasteiger partial charge in [0.15, 0.2) is 5.60 Å². The number of aliphatic hydroxyl groups excluding tert-OH is 3. The van der Waals surface area contributed by atoms with Crippen molar-refractivity contribution in [1.29, 1.82) is 0 Å². The second-order valence-electron chi connectivity index (χ2n) is 8.76. The Labute approximate surface area is 206 Å². The predicted octanol–water partition coefficient (Wildman–Crippen LogP) is -1.50. The Morgan fingerprint density at radius 1 is 1.09 bits per heavy atom. The van der Waals surface area contributed by atoms with E-state index in [4.69, 9.17) is 33.7 Å². The summed E-state index contributed by atoms with van der Waals surface area (Å²) in [6, 6.07) is -4.27. The van der Waals surface area contributed by atoms with Crippen molar-refractivity contribution < 1.29 is 39.2 Å². The molecule has 34 heavy (non-hydrogen) atoms. The first-order valence-corrected chi connectivity index (χ1v) is 11.4. The number of aliphatic hydroxyl groups is 3. The van der Waals surface area contributed by atoms with Crippen LogP contribution in [0.2, 0.25) is 0 Å². The van der Waals surface area contributed by atoms with Gasteiger partial charge in [-0.3, -0.25) is 14.4 Å². The molecule has 1 fully saturated rings. The highest BCUT2D eigenvalue weighted by molar-refractivity contribution is 6.45. The molecule has 0 radical (unpaired) electrons. The van der Waals surface area contributed by atoms with Crippen molar-refractivity contribution >= 4 is 46.9 Å². The SMILES string of the molecule is C[C@H](N)C(=O)N[C@@H](C)C(=O)N[C@@H](C)C(=O)N[C@@H]1[C@H]2C(=C(O)C[C@@H](O)[C@@H]2O)C(=O)O[C@]1(C)C(Cl)Cl. The van der Waals surface area contributed by atoms with Crippen LogP contribution in [0.3, 0.4) is 0 Å². The topological polar surface area (TPSA) is 200 Å². The van der Waals surface area contributed by atoms with Crippen molar-refractivity contribution in [3.63, 3.8) is 0 Å². The first kappa shape index (κ1) is 28.1. The normalized spacial score (nSPS) is 31.6. The Balaban J connectivity index is 2.26. The summed E-state index contributed by atoms with van der Waals surface area (Å²) in [5, 5.41) is 38.4. The maximum Gasteiger partial charge on any atom is 0.338 e. The first-order valence-electron chi connectivity index (χ1n) is 10.6. The Kier molecular flexibility index (Phi) is 8.81. The van der Waals surface area contributed by atoms with E-state index in [1.54, 1.807) is 0 Å². The molecule has 12 nitrogen and oxygen atoms in total. The third-order valence-electron chi connectivity index (χ3n) is 5.97. The molecule has 1 aliphatic heterocycles. The van der Waals surface area contributed by atoms with Crippen molar-refractivity contribution in [2.24, 2.45) is 11.7 Å². The average molecular weight is 525 g/mol. The number of halogens is 2. The molecule has 8 atom stereocenters. The van der Waals surface area contributed by atoms with Crippen molar-refractivity contribution in [1.82, 2.24) is 16.0 Å². The number of carbonyl (C=O) groups is 4. The summed E-state index contributed by atoms with van der Waals surface area (Å²) in [6.07, 6.45) is -3.38. The van der Waals surface area contributed by atoms with Gasteiger partial charge in [0.1, 0.15) is 22.7 Å². The first-order chi connectivity index (χ1) is 15.6. The highest BCUT2D eigenvalue weighted by Crippen LogP contribution is 2.44. The highest BCUT2D eigenvalue weighted by atomic mass is 35.5. The lowest BCUT2D eigenvalue weighted by Gasteiger charge is -2.50. The number of ether oxygens (including phenoxy) is 1. The third-order valence-corrected chi connectivity index (χ3v) is 6.83. The van der Waals surface area contributed by atoms with E-state index in [2.05, 4.69) is 16.0 Å². The minimum Gasteiger partial charge on any atom is -0.512 e.